The number of amides is 1. The SMILES string of the molecule is COc1ccc(/C=C/C(=O)NCc2ccc(C)cc2)cc1S(=O)(=O)N1CCOCC1. The zero-order chi connectivity index (χ0) is 21.6. The van der Waals surface area contributed by atoms with Crippen LogP contribution in [-0.4, -0.2) is 52.0 Å². The molecular formula is C22H26N2O5S. The quantitative estimate of drug-likeness (QED) is 0.682. The van der Waals surface area contributed by atoms with Crippen molar-refractivity contribution in [3.63, 3.8) is 0 Å². The lowest BCUT2D eigenvalue weighted by Gasteiger charge is -2.26. The first-order valence-electron chi connectivity index (χ1n) is 9.67. The summed E-state index contributed by atoms with van der Waals surface area (Å²) in [6.45, 7) is 3.75. The molecule has 0 aromatic heterocycles. The molecule has 0 spiro atoms. The molecule has 1 aliphatic heterocycles. The van der Waals surface area contributed by atoms with Gasteiger partial charge < -0.3 is 14.8 Å². The number of benzene rings is 2. The number of rotatable bonds is 7. The fourth-order valence-electron chi connectivity index (χ4n) is 3.05. The van der Waals surface area contributed by atoms with Crippen LogP contribution in [0, 0.1) is 6.92 Å². The average Bonchev–Trinajstić information content (AvgIpc) is 2.77. The highest BCUT2D eigenvalue weighted by Gasteiger charge is 2.29. The molecule has 0 unspecified atom stereocenters. The zero-order valence-corrected chi connectivity index (χ0v) is 17.9. The van der Waals surface area contributed by atoms with Crippen molar-refractivity contribution in [3.8, 4) is 5.75 Å². The van der Waals surface area contributed by atoms with Gasteiger partial charge in [-0.1, -0.05) is 35.9 Å². The molecule has 0 aliphatic carbocycles. The van der Waals surface area contributed by atoms with Crippen LogP contribution in [0.4, 0.5) is 0 Å². The second-order valence-electron chi connectivity index (χ2n) is 6.96. The van der Waals surface area contributed by atoms with Gasteiger partial charge in [0.05, 0.1) is 20.3 Å². The number of nitrogens with zero attached hydrogens (tertiary/aromatic N) is 1. The highest BCUT2D eigenvalue weighted by Crippen LogP contribution is 2.28. The van der Waals surface area contributed by atoms with Crippen LogP contribution in [0.5, 0.6) is 5.75 Å². The van der Waals surface area contributed by atoms with Crippen molar-refractivity contribution in [3.05, 3.63) is 65.2 Å². The first-order chi connectivity index (χ1) is 14.4. The maximum Gasteiger partial charge on any atom is 0.246 e. The summed E-state index contributed by atoms with van der Waals surface area (Å²) in [5, 5.41) is 2.82. The van der Waals surface area contributed by atoms with Gasteiger partial charge in [0.2, 0.25) is 15.9 Å². The third-order valence-electron chi connectivity index (χ3n) is 4.79. The predicted octanol–water partition coefficient (Wildman–Crippen LogP) is 2.35. The van der Waals surface area contributed by atoms with Gasteiger partial charge in [-0.05, 0) is 36.3 Å². The molecule has 1 heterocycles. The van der Waals surface area contributed by atoms with E-state index in [1.807, 2.05) is 31.2 Å². The molecule has 8 heteroatoms. The Morgan fingerprint density at radius 1 is 1.17 bits per heavy atom. The molecule has 2 aromatic carbocycles. The molecule has 30 heavy (non-hydrogen) atoms. The Bertz CT molecular complexity index is 1010. The van der Waals surface area contributed by atoms with Crippen molar-refractivity contribution < 1.29 is 22.7 Å². The summed E-state index contributed by atoms with van der Waals surface area (Å²) >= 11 is 0. The van der Waals surface area contributed by atoms with Gasteiger partial charge in [-0.3, -0.25) is 4.79 Å². The number of hydrogen-bond donors (Lipinski definition) is 1. The number of ether oxygens (including phenoxy) is 2. The van der Waals surface area contributed by atoms with Gasteiger partial charge in [-0.25, -0.2) is 8.42 Å². The van der Waals surface area contributed by atoms with E-state index in [4.69, 9.17) is 9.47 Å². The molecule has 0 saturated carbocycles. The van der Waals surface area contributed by atoms with E-state index >= 15 is 0 Å². The van der Waals surface area contributed by atoms with E-state index in [2.05, 4.69) is 5.32 Å². The minimum Gasteiger partial charge on any atom is -0.495 e. The molecule has 0 bridgehead atoms. The molecule has 7 nitrogen and oxygen atoms in total. The lowest BCUT2D eigenvalue weighted by Crippen LogP contribution is -2.40. The standard InChI is InChI=1S/C22H26N2O5S/c1-17-3-5-19(6-4-17)16-23-22(25)10-8-18-7-9-20(28-2)21(15-18)30(26,27)24-11-13-29-14-12-24/h3-10,15H,11-14,16H2,1-2H3,(H,23,25)/b10-8+. The normalized spacial score (nSPS) is 15.3. The second kappa shape index (κ2) is 9.88. The summed E-state index contributed by atoms with van der Waals surface area (Å²) in [7, 11) is -2.29. The summed E-state index contributed by atoms with van der Waals surface area (Å²) in [5.41, 5.74) is 2.76. The third-order valence-corrected chi connectivity index (χ3v) is 6.71. The van der Waals surface area contributed by atoms with Gasteiger partial charge in [0.1, 0.15) is 10.6 Å². The molecule has 0 radical (unpaired) electrons. The molecular weight excluding hydrogens is 404 g/mol. The minimum absolute atomic E-state index is 0.0779. The third kappa shape index (κ3) is 5.47. The van der Waals surface area contributed by atoms with Crippen LogP contribution in [0.1, 0.15) is 16.7 Å². The number of aryl methyl sites for hydroxylation is 1. The van der Waals surface area contributed by atoms with E-state index in [0.29, 0.717) is 38.4 Å². The highest BCUT2D eigenvalue weighted by molar-refractivity contribution is 7.89. The van der Waals surface area contributed by atoms with Gasteiger partial charge in [0, 0.05) is 25.7 Å². The predicted molar refractivity (Wildman–Crippen MR) is 115 cm³/mol. The van der Waals surface area contributed by atoms with Crippen LogP contribution >= 0.6 is 0 Å². The lowest BCUT2D eigenvalue weighted by molar-refractivity contribution is -0.116. The monoisotopic (exact) mass is 430 g/mol. The summed E-state index contributed by atoms with van der Waals surface area (Å²) in [6.07, 6.45) is 2.98. The summed E-state index contributed by atoms with van der Waals surface area (Å²) in [6, 6.07) is 12.7. The molecule has 3 rings (SSSR count). The van der Waals surface area contributed by atoms with Gasteiger partial charge >= 0.3 is 0 Å². The smallest absolute Gasteiger partial charge is 0.246 e. The molecule has 1 amide bonds. The number of methoxy groups -OCH3 is 1. The van der Waals surface area contributed by atoms with E-state index in [1.54, 1.807) is 18.2 Å². The Hall–Kier alpha value is -2.68. The van der Waals surface area contributed by atoms with E-state index < -0.39 is 10.0 Å². The van der Waals surface area contributed by atoms with Gasteiger partial charge in [0.15, 0.2) is 0 Å². The van der Waals surface area contributed by atoms with Crippen LogP contribution in [0.3, 0.4) is 0 Å². The van der Waals surface area contributed by atoms with E-state index in [1.165, 1.54) is 23.6 Å². The Kier molecular flexibility index (Phi) is 7.25. The number of hydrogen-bond acceptors (Lipinski definition) is 5. The molecule has 0 atom stereocenters. The summed E-state index contributed by atoms with van der Waals surface area (Å²) < 4.78 is 37.9. The first-order valence-corrected chi connectivity index (χ1v) is 11.1. The Labute approximate surface area is 177 Å². The molecule has 1 fully saturated rings. The Morgan fingerprint density at radius 3 is 2.53 bits per heavy atom. The zero-order valence-electron chi connectivity index (χ0n) is 17.1. The number of sulfonamides is 1. The Balaban J connectivity index is 1.72. The fraction of sp³-hybridized carbons (Fsp3) is 0.318. The van der Waals surface area contributed by atoms with E-state index in [9.17, 15) is 13.2 Å². The maximum atomic E-state index is 13.0. The van der Waals surface area contributed by atoms with Crippen LogP contribution in [-0.2, 0) is 26.1 Å². The van der Waals surface area contributed by atoms with Crippen LogP contribution in [0.2, 0.25) is 0 Å². The van der Waals surface area contributed by atoms with E-state index in [0.717, 1.165) is 11.1 Å². The van der Waals surface area contributed by atoms with Crippen molar-refractivity contribution in [2.24, 2.45) is 0 Å². The van der Waals surface area contributed by atoms with Crippen LogP contribution in [0.15, 0.2) is 53.4 Å². The van der Waals surface area contributed by atoms with Crippen molar-refractivity contribution in [1.29, 1.82) is 0 Å². The van der Waals surface area contributed by atoms with E-state index in [-0.39, 0.29) is 16.6 Å². The average molecular weight is 431 g/mol. The van der Waals surface area contributed by atoms with Crippen molar-refractivity contribution in [1.82, 2.24) is 9.62 Å². The summed E-state index contributed by atoms with van der Waals surface area (Å²) in [4.78, 5) is 12.2. The van der Waals surface area contributed by atoms with Crippen LogP contribution in [0.25, 0.3) is 6.08 Å². The van der Waals surface area contributed by atoms with Crippen LogP contribution < -0.4 is 10.1 Å². The molecule has 2 aromatic rings. The second-order valence-corrected chi connectivity index (χ2v) is 8.87. The van der Waals surface area contributed by atoms with Gasteiger partial charge in [-0.2, -0.15) is 4.31 Å². The number of nitrogens with one attached hydrogen (secondary N) is 1. The summed E-state index contributed by atoms with van der Waals surface area (Å²) in [5.74, 6) is 0.00597. The maximum absolute atomic E-state index is 13.0. The molecule has 1 N–H and O–H groups in total. The van der Waals surface area contributed by atoms with Crippen molar-refractivity contribution in [2.45, 2.75) is 18.4 Å². The number of carbonyl (C=O) groups excluding carboxylic acids is 1. The Morgan fingerprint density at radius 2 is 1.87 bits per heavy atom. The highest BCUT2D eigenvalue weighted by atomic mass is 32.2. The largest absolute Gasteiger partial charge is 0.495 e. The molecule has 160 valence electrons. The fourth-order valence-corrected chi connectivity index (χ4v) is 4.65. The first kappa shape index (κ1) is 22.0. The molecule has 1 saturated heterocycles. The van der Waals surface area contributed by atoms with Gasteiger partial charge in [0.25, 0.3) is 0 Å². The number of morpholine rings is 1. The lowest BCUT2D eigenvalue weighted by atomic mass is 10.1. The van der Waals surface area contributed by atoms with Crippen molar-refractivity contribution >= 4 is 22.0 Å². The van der Waals surface area contributed by atoms with Gasteiger partial charge in [-0.15, -0.1) is 0 Å². The van der Waals surface area contributed by atoms with Crippen molar-refractivity contribution in [2.75, 3.05) is 33.4 Å². The number of carbonyl (C=O) groups is 1. The minimum atomic E-state index is -3.72. The topological polar surface area (TPSA) is 84.9 Å². The molecule has 1 aliphatic rings.